The molecule has 2 unspecified atom stereocenters. The van der Waals surface area contributed by atoms with E-state index in [0.29, 0.717) is 18.0 Å². The summed E-state index contributed by atoms with van der Waals surface area (Å²) >= 11 is 0. The quantitative estimate of drug-likeness (QED) is 0.261. The first kappa shape index (κ1) is 40.9. The zero-order valence-corrected chi connectivity index (χ0v) is 33.5. The van der Waals surface area contributed by atoms with Crippen molar-refractivity contribution < 1.29 is 19.1 Å². The summed E-state index contributed by atoms with van der Waals surface area (Å²) in [5.74, 6) is -0.364. The molecule has 1 N–H and O–H groups in total. The van der Waals surface area contributed by atoms with Crippen molar-refractivity contribution in [3.05, 3.63) is 99.4 Å². The lowest BCUT2D eigenvalue weighted by Gasteiger charge is -2.30. The fourth-order valence-electron chi connectivity index (χ4n) is 6.19. The second kappa shape index (κ2) is 16.2. The Labute approximate surface area is 303 Å². The Hall–Kier alpha value is -3.51. The van der Waals surface area contributed by atoms with Crippen LogP contribution in [0.2, 0.25) is 0 Å². The maximum absolute atomic E-state index is 11.9. The predicted molar refractivity (Wildman–Crippen MR) is 206 cm³/mol. The van der Waals surface area contributed by atoms with E-state index in [1.54, 1.807) is 12.3 Å². The highest BCUT2D eigenvalue weighted by molar-refractivity contribution is 5.89. The van der Waals surface area contributed by atoms with Gasteiger partial charge in [0.25, 0.3) is 0 Å². The number of hydrogen-bond donors (Lipinski definition) is 1. The van der Waals surface area contributed by atoms with Crippen molar-refractivity contribution in [1.82, 2.24) is 10.3 Å². The number of carbonyl (C=O) groups is 2. The van der Waals surface area contributed by atoms with E-state index in [9.17, 15) is 9.59 Å². The Morgan fingerprint density at radius 1 is 0.700 bits per heavy atom. The van der Waals surface area contributed by atoms with Crippen molar-refractivity contribution in [2.24, 2.45) is 5.92 Å². The van der Waals surface area contributed by atoms with Crippen LogP contribution in [0.1, 0.15) is 145 Å². The summed E-state index contributed by atoms with van der Waals surface area (Å²) in [6.07, 6.45) is 5.05. The molecule has 0 radical (unpaired) electrons. The van der Waals surface area contributed by atoms with Crippen molar-refractivity contribution in [2.45, 2.75) is 136 Å². The predicted octanol–water partition coefficient (Wildman–Crippen LogP) is 9.42. The second-order valence-electron chi connectivity index (χ2n) is 18.1. The first-order chi connectivity index (χ1) is 23.0. The number of hydrogen-bond acceptors (Lipinski definition) is 6. The molecular formula is C44H64N2O4. The lowest BCUT2D eigenvalue weighted by molar-refractivity contribution is -0.146. The number of nitrogens with one attached hydrogen (secondary N) is 1. The molecular weight excluding hydrogens is 620 g/mol. The van der Waals surface area contributed by atoms with E-state index in [2.05, 4.69) is 130 Å². The number of piperidine rings is 1. The summed E-state index contributed by atoms with van der Waals surface area (Å²) < 4.78 is 9.75. The van der Waals surface area contributed by atoms with Crippen LogP contribution >= 0.6 is 0 Å². The number of nitrogens with zero attached hydrogens (tertiary/aromatic N) is 1. The molecule has 6 heteroatoms. The molecule has 0 aliphatic carbocycles. The van der Waals surface area contributed by atoms with Crippen LogP contribution in [0.4, 0.5) is 0 Å². The van der Waals surface area contributed by atoms with Crippen molar-refractivity contribution in [1.29, 1.82) is 0 Å². The van der Waals surface area contributed by atoms with Gasteiger partial charge in [0.05, 0.1) is 25.7 Å². The number of ether oxygens (including phenoxy) is 2. The zero-order chi connectivity index (χ0) is 37.7. The van der Waals surface area contributed by atoms with Crippen LogP contribution in [0.15, 0.2) is 54.7 Å². The largest absolute Gasteiger partial charge is 0.469 e. The molecule has 274 valence electrons. The van der Waals surface area contributed by atoms with Crippen molar-refractivity contribution >= 4 is 11.9 Å². The fourth-order valence-corrected chi connectivity index (χ4v) is 6.19. The summed E-state index contributed by atoms with van der Waals surface area (Å²) in [4.78, 5) is 28.1. The Morgan fingerprint density at radius 3 is 1.62 bits per heavy atom. The smallest absolute Gasteiger partial charge is 0.337 e. The number of aromatic nitrogens is 1. The van der Waals surface area contributed by atoms with Gasteiger partial charge in [-0.05, 0) is 93.0 Å². The van der Waals surface area contributed by atoms with Gasteiger partial charge in [0, 0.05) is 24.4 Å². The number of pyridine rings is 1. The second-order valence-corrected chi connectivity index (χ2v) is 18.1. The lowest BCUT2D eigenvalue weighted by atomic mass is 9.78. The SMILES string of the molecule is COC(=O)C1CCNC(Cc2cc(C(C)(C)C)cc(C(C)(C)C)c2)C1.COC(=O)c1ccnc(Cc2cc(C(C)(C)C)cc(C(C)(C)C)c2)c1. The molecule has 1 aliphatic rings. The number of methoxy groups -OCH3 is 2. The van der Waals surface area contributed by atoms with Crippen LogP contribution in [0.25, 0.3) is 0 Å². The summed E-state index contributed by atoms with van der Waals surface area (Å²) in [5.41, 5.74) is 9.81. The summed E-state index contributed by atoms with van der Waals surface area (Å²) in [6, 6.07) is 17.7. The summed E-state index contributed by atoms with van der Waals surface area (Å²) in [6.45, 7) is 27.9. The van der Waals surface area contributed by atoms with Crippen LogP contribution in [0.3, 0.4) is 0 Å². The molecule has 3 aromatic rings. The first-order valence-corrected chi connectivity index (χ1v) is 18.2. The van der Waals surface area contributed by atoms with Crippen LogP contribution in [0, 0.1) is 5.92 Å². The number of benzene rings is 2. The molecule has 50 heavy (non-hydrogen) atoms. The molecule has 0 bridgehead atoms. The molecule has 0 spiro atoms. The Balaban J connectivity index is 0.000000270. The Kier molecular flexibility index (Phi) is 13.3. The van der Waals surface area contributed by atoms with Gasteiger partial charge in [-0.2, -0.15) is 0 Å². The topological polar surface area (TPSA) is 77.5 Å². The normalized spacial score (nSPS) is 17.0. The fraction of sp³-hybridized carbons (Fsp3) is 0.568. The van der Waals surface area contributed by atoms with Gasteiger partial charge in [-0.25, -0.2) is 4.79 Å². The van der Waals surface area contributed by atoms with Crippen molar-refractivity contribution in [2.75, 3.05) is 20.8 Å². The lowest BCUT2D eigenvalue weighted by Crippen LogP contribution is -2.42. The minimum atomic E-state index is -0.331. The maximum atomic E-state index is 11.9. The minimum Gasteiger partial charge on any atom is -0.469 e. The average Bonchev–Trinajstić information content (AvgIpc) is 3.02. The first-order valence-electron chi connectivity index (χ1n) is 18.2. The molecule has 0 saturated carbocycles. The van der Waals surface area contributed by atoms with E-state index in [1.807, 2.05) is 6.07 Å². The third-order valence-electron chi connectivity index (χ3n) is 9.58. The minimum absolute atomic E-state index is 0.0316. The monoisotopic (exact) mass is 684 g/mol. The van der Waals surface area contributed by atoms with Gasteiger partial charge in [0.1, 0.15) is 0 Å². The highest BCUT2D eigenvalue weighted by Crippen LogP contribution is 2.33. The molecule has 1 saturated heterocycles. The molecule has 2 atom stereocenters. The average molecular weight is 685 g/mol. The number of rotatable bonds is 6. The molecule has 2 aromatic carbocycles. The maximum Gasteiger partial charge on any atom is 0.337 e. The van der Waals surface area contributed by atoms with Crippen molar-refractivity contribution in [3.8, 4) is 0 Å². The molecule has 6 nitrogen and oxygen atoms in total. The van der Waals surface area contributed by atoms with Gasteiger partial charge in [-0.15, -0.1) is 0 Å². The van der Waals surface area contributed by atoms with E-state index in [-0.39, 0.29) is 39.5 Å². The summed E-state index contributed by atoms with van der Waals surface area (Å²) in [7, 11) is 2.88. The van der Waals surface area contributed by atoms with E-state index in [4.69, 9.17) is 9.47 Å². The van der Waals surface area contributed by atoms with Gasteiger partial charge in [0.2, 0.25) is 0 Å². The molecule has 1 fully saturated rings. The Morgan fingerprint density at radius 2 is 1.18 bits per heavy atom. The Bertz CT molecular complexity index is 1550. The highest BCUT2D eigenvalue weighted by Gasteiger charge is 2.29. The molecule has 0 amide bonds. The zero-order valence-electron chi connectivity index (χ0n) is 33.5. The van der Waals surface area contributed by atoms with E-state index < -0.39 is 0 Å². The van der Waals surface area contributed by atoms with Crippen LogP contribution in [0.5, 0.6) is 0 Å². The molecule has 1 aromatic heterocycles. The van der Waals surface area contributed by atoms with Gasteiger partial charge in [-0.1, -0.05) is 119 Å². The molecule has 2 heterocycles. The summed E-state index contributed by atoms with van der Waals surface area (Å²) in [5, 5.41) is 3.59. The number of carbonyl (C=O) groups excluding carboxylic acids is 2. The van der Waals surface area contributed by atoms with Crippen LogP contribution in [-0.4, -0.2) is 43.7 Å². The van der Waals surface area contributed by atoms with E-state index in [1.165, 1.54) is 47.6 Å². The van der Waals surface area contributed by atoms with Crippen LogP contribution < -0.4 is 5.32 Å². The highest BCUT2D eigenvalue weighted by atomic mass is 16.5. The third-order valence-corrected chi connectivity index (χ3v) is 9.58. The third kappa shape index (κ3) is 11.8. The molecule has 4 rings (SSSR count). The van der Waals surface area contributed by atoms with Crippen molar-refractivity contribution in [3.63, 3.8) is 0 Å². The molecule has 1 aliphatic heterocycles. The van der Waals surface area contributed by atoms with Gasteiger partial charge < -0.3 is 14.8 Å². The van der Waals surface area contributed by atoms with E-state index >= 15 is 0 Å². The van der Waals surface area contributed by atoms with E-state index in [0.717, 1.165) is 31.5 Å². The van der Waals surface area contributed by atoms with Crippen LogP contribution in [-0.2, 0) is 48.8 Å². The number of esters is 2. The van der Waals surface area contributed by atoms with Gasteiger partial charge >= 0.3 is 11.9 Å². The van der Waals surface area contributed by atoms with Gasteiger partial charge in [-0.3, -0.25) is 9.78 Å². The standard InChI is InChI=1S/C22H35NO2.C22H29NO2/c2*1-21(2,3)17-10-15(11-18(14-17)22(4,5)6)12-19-13-16(8-9-23-19)20(24)25-7/h10-11,14,16,19,23H,8-9,12-13H2,1-7H3;8-11,13-14H,12H2,1-7H3. The van der Waals surface area contributed by atoms with Gasteiger partial charge in [0.15, 0.2) is 0 Å².